The number of fused-ring (bicyclic) bond motifs is 3. The van der Waals surface area contributed by atoms with Gasteiger partial charge in [0.1, 0.15) is 0 Å². The highest BCUT2D eigenvalue weighted by Gasteiger charge is 2.25. The highest BCUT2D eigenvalue weighted by Crippen LogP contribution is 2.44. The third kappa shape index (κ3) is 3.95. The molecule has 0 radical (unpaired) electrons. The molecule has 3 nitrogen and oxygen atoms in total. The van der Waals surface area contributed by atoms with Crippen LogP contribution in [0.25, 0.3) is 54.5 Å². The highest BCUT2D eigenvalue weighted by molar-refractivity contribution is 6.33. The molecule has 2 N–H and O–H groups in total. The van der Waals surface area contributed by atoms with Crippen molar-refractivity contribution in [2.45, 2.75) is 5.92 Å². The van der Waals surface area contributed by atoms with Crippen LogP contribution < -0.4 is 57.9 Å². The lowest BCUT2D eigenvalue weighted by Gasteiger charge is -2.20. The summed E-state index contributed by atoms with van der Waals surface area (Å²) in [5.74, 6) is -0.0336. The average molecular weight is 703 g/mol. The van der Waals surface area contributed by atoms with Crippen LogP contribution in [0.1, 0.15) is 17.0 Å². The minimum atomic E-state index is -0.0336. The first-order valence-corrected chi connectivity index (χ1v) is 11.9. The van der Waals surface area contributed by atoms with Gasteiger partial charge < -0.3 is 48.0 Å². The number of pyridine rings is 3. The molecule has 0 saturated heterocycles. The molecule has 180 valence electrons. The molecule has 5 heteroatoms. The lowest BCUT2D eigenvalue weighted by molar-refractivity contribution is -0.364. The number of halogens is 2. The van der Waals surface area contributed by atoms with E-state index in [9.17, 15) is 0 Å². The molecule has 0 aliphatic heterocycles. The minimum Gasteiger partial charge on any atom is -1.00 e. The zero-order valence-corrected chi connectivity index (χ0v) is 24.2. The van der Waals surface area contributed by atoms with E-state index in [1.807, 2.05) is 36.9 Å². The Morgan fingerprint density at radius 1 is 0.676 bits per heavy atom. The normalized spacial score (nSPS) is 11.9. The van der Waals surface area contributed by atoms with E-state index in [4.69, 9.17) is 0 Å². The monoisotopic (exact) mass is 703 g/mol. The molecule has 0 bridgehead atoms. The average Bonchev–Trinajstić information content (AvgIpc) is 2.93. The van der Waals surface area contributed by atoms with Crippen molar-refractivity contribution in [1.29, 1.82) is 0 Å². The molecule has 4 aromatic carbocycles. The Kier molecular flexibility index (Phi) is 7.09. The first kappa shape index (κ1) is 25.5. The lowest BCUT2D eigenvalue weighted by Crippen LogP contribution is -3.00. The molecule has 0 saturated carbocycles. The van der Waals surface area contributed by atoms with Crippen molar-refractivity contribution in [2.75, 3.05) is 0 Å². The maximum absolute atomic E-state index is 4.52. The van der Waals surface area contributed by atoms with Gasteiger partial charge in [0.2, 0.25) is 11.2 Å². The van der Waals surface area contributed by atoms with E-state index in [2.05, 4.69) is 94.3 Å². The summed E-state index contributed by atoms with van der Waals surface area (Å²) in [5, 5.41) is 8.89. The molecular formula is C32H23I2N3. The van der Waals surface area contributed by atoms with Crippen LogP contribution in [0.3, 0.4) is 0 Å². The van der Waals surface area contributed by atoms with Gasteiger partial charge in [-0.2, -0.15) is 0 Å². The molecule has 3 aromatic heterocycles. The Morgan fingerprint density at radius 2 is 1.46 bits per heavy atom. The van der Waals surface area contributed by atoms with Crippen LogP contribution in [0.5, 0.6) is 0 Å². The second-order valence-corrected chi connectivity index (χ2v) is 9.01. The van der Waals surface area contributed by atoms with Gasteiger partial charge in [-0.05, 0) is 50.9 Å². The fraction of sp³-hybridized carbons (Fsp3) is 0.0312. The van der Waals surface area contributed by atoms with Gasteiger partial charge in [0.15, 0.2) is 12.4 Å². The second kappa shape index (κ2) is 10.3. The standard InChI is InChI=1S/C32H21N3.2HI/c1-2-22(27-19-33-18-15-23(27)28-10-3-4-16-34-28)25-14-13-21-12-11-20-7-5-8-24-26-9-6-17-35-32(26)31(25)30(21)29(20)24;;/h2-19,22H,1H2;2*1H. The van der Waals surface area contributed by atoms with E-state index in [1.165, 1.54) is 43.3 Å². The summed E-state index contributed by atoms with van der Waals surface area (Å²) in [6.07, 6.45) is 9.86. The van der Waals surface area contributed by atoms with E-state index in [-0.39, 0.29) is 53.9 Å². The third-order valence-electron chi connectivity index (χ3n) is 7.21. The van der Waals surface area contributed by atoms with E-state index in [0.717, 1.165) is 22.3 Å². The number of nitrogens with zero attached hydrogens (tertiary/aromatic N) is 1. The van der Waals surface area contributed by atoms with E-state index in [1.54, 1.807) is 0 Å². The summed E-state index contributed by atoms with van der Waals surface area (Å²) in [5.41, 5.74) is 5.70. The van der Waals surface area contributed by atoms with Gasteiger partial charge in [-0.1, -0.05) is 48.5 Å². The molecule has 1 atom stereocenters. The van der Waals surface area contributed by atoms with E-state index >= 15 is 0 Å². The van der Waals surface area contributed by atoms with Gasteiger partial charge in [-0.15, -0.1) is 6.58 Å². The number of nitrogens with one attached hydrogen (secondary N) is 2. The SMILES string of the molecule is C=CC(c1cnccc1-c1cccc[nH+]1)c1ccc2ccc3cccc4c5ccc[nH+]c5c1c2c34.[I-].[I-]. The topological polar surface area (TPSA) is 41.2 Å². The predicted octanol–water partition coefficient (Wildman–Crippen LogP) is 0.753. The van der Waals surface area contributed by atoms with Gasteiger partial charge in [0.25, 0.3) is 0 Å². The quantitative estimate of drug-likeness (QED) is 0.116. The smallest absolute Gasteiger partial charge is 0.219 e. The Morgan fingerprint density at radius 3 is 2.27 bits per heavy atom. The number of hydrogen-bond acceptors (Lipinski definition) is 1. The summed E-state index contributed by atoms with van der Waals surface area (Å²) in [4.78, 5) is 11.5. The number of aromatic nitrogens is 3. The third-order valence-corrected chi connectivity index (χ3v) is 7.21. The Hall–Kier alpha value is -3.17. The van der Waals surface area contributed by atoms with Crippen LogP contribution >= 0.6 is 0 Å². The number of benzene rings is 4. The zero-order valence-electron chi connectivity index (χ0n) is 19.9. The first-order chi connectivity index (χ1) is 17.3. The highest BCUT2D eigenvalue weighted by atomic mass is 127. The largest absolute Gasteiger partial charge is 1.00 e. The van der Waals surface area contributed by atoms with Crippen LogP contribution in [-0.2, 0) is 0 Å². The molecule has 7 rings (SSSR count). The Balaban J connectivity index is 0.00000140. The van der Waals surface area contributed by atoms with Gasteiger partial charge in [-0.25, -0.2) is 9.97 Å². The predicted molar refractivity (Wildman–Crippen MR) is 142 cm³/mol. The van der Waals surface area contributed by atoms with Crippen molar-refractivity contribution >= 4 is 43.2 Å². The van der Waals surface area contributed by atoms with Gasteiger partial charge in [-0.3, -0.25) is 4.98 Å². The number of rotatable bonds is 4. The maximum atomic E-state index is 4.52. The molecule has 3 heterocycles. The summed E-state index contributed by atoms with van der Waals surface area (Å²) >= 11 is 0. The molecular weight excluding hydrogens is 680 g/mol. The lowest BCUT2D eigenvalue weighted by atomic mass is 9.82. The van der Waals surface area contributed by atoms with Gasteiger partial charge in [0, 0.05) is 41.9 Å². The fourth-order valence-corrected chi connectivity index (χ4v) is 5.71. The summed E-state index contributed by atoms with van der Waals surface area (Å²) in [7, 11) is 0. The molecule has 0 fully saturated rings. The molecule has 0 aliphatic carbocycles. The molecule has 37 heavy (non-hydrogen) atoms. The zero-order chi connectivity index (χ0) is 23.4. The Labute approximate surface area is 249 Å². The maximum Gasteiger partial charge on any atom is 0.219 e. The van der Waals surface area contributed by atoms with Crippen molar-refractivity contribution in [3.05, 3.63) is 127 Å². The molecule has 1 unspecified atom stereocenters. The number of hydrogen-bond donors (Lipinski definition) is 0. The van der Waals surface area contributed by atoms with Crippen LogP contribution in [0.4, 0.5) is 0 Å². The van der Waals surface area contributed by atoms with Crippen molar-refractivity contribution in [1.82, 2.24) is 4.98 Å². The molecule has 7 aromatic rings. The number of H-pyrrole nitrogens is 2. The molecule has 0 amide bonds. The Bertz CT molecular complexity index is 1880. The van der Waals surface area contributed by atoms with Gasteiger partial charge >= 0.3 is 0 Å². The van der Waals surface area contributed by atoms with Crippen molar-refractivity contribution < 1.29 is 57.9 Å². The summed E-state index contributed by atoms with van der Waals surface area (Å²) in [6.45, 7) is 4.29. The van der Waals surface area contributed by atoms with Crippen LogP contribution in [-0.4, -0.2) is 4.98 Å². The van der Waals surface area contributed by atoms with Gasteiger partial charge in [0.05, 0.1) is 16.3 Å². The number of allylic oxidation sites excluding steroid dienone is 1. The van der Waals surface area contributed by atoms with Crippen molar-refractivity contribution in [3.8, 4) is 11.3 Å². The molecule has 0 aliphatic rings. The summed E-state index contributed by atoms with van der Waals surface area (Å²) in [6, 6.07) is 28.1. The van der Waals surface area contributed by atoms with Crippen molar-refractivity contribution in [2.24, 2.45) is 0 Å². The minimum absolute atomic E-state index is 0. The molecule has 0 spiro atoms. The van der Waals surface area contributed by atoms with Crippen LogP contribution in [0.15, 0.2) is 116 Å². The summed E-state index contributed by atoms with van der Waals surface area (Å²) < 4.78 is 0. The van der Waals surface area contributed by atoms with Crippen LogP contribution in [0, 0.1) is 0 Å². The second-order valence-electron chi connectivity index (χ2n) is 9.01. The van der Waals surface area contributed by atoms with E-state index in [0.29, 0.717) is 0 Å². The van der Waals surface area contributed by atoms with Crippen molar-refractivity contribution in [3.63, 3.8) is 0 Å². The number of aromatic amines is 2. The fourth-order valence-electron chi connectivity index (χ4n) is 5.71. The van der Waals surface area contributed by atoms with E-state index < -0.39 is 0 Å². The first-order valence-electron chi connectivity index (χ1n) is 11.9. The van der Waals surface area contributed by atoms with Crippen LogP contribution in [0.2, 0.25) is 0 Å².